The van der Waals surface area contributed by atoms with Crippen molar-refractivity contribution in [2.75, 3.05) is 45.4 Å². The molecule has 68 valence electrons. The molecule has 0 aliphatic carbocycles. The van der Waals surface area contributed by atoms with Gasteiger partial charge in [0.2, 0.25) is 0 Å². The van der Waals surface area contributed by atoms with Crippen LogP contribution in [-0.2, 0) is 4.74 Å². The molecular formula is C7H15BrFNO. The van der Waals surface area contributed by atoms with Gasteiger partial charge in [-0.25, -0.2) is 4.39 Å². The molecule has 0 saturated carbocycles. The summed E-state index contributed by atoms with van der Waals surface area (Å²) in [5.41, 5.74) is 0. The molecule has 0 rings (SSSR count). The second-order valence-corrected chi connectivity index (χ2v) is 3.01. The Bertz CT molecular complexity index is 78.8. The molecule has 0 radical (unpaired) electrons. The number of hydrogen-bond donors (Lipinski definition) is 0. The van der Waals surface area contributed by atoms with Crippen molar-refractivity contribution in [1.29, 1.82) is 0 Å². The van der Waals surface area contributed by atoms with Crippen LogP contribution in [-0.4, -0.2) is 50.3 Å². The Balaban J connectivity index is 3.34. The zero-order valence-electron chi connectivity index (χ0n) is 6.85. The van der Waals surface area contributed by atoms with Crippen molar-refractivity contribution in [1.82, 2.24) is 4.90 Å². The lowest BCUT2D eigenvalue weighted by molar-refractivity contribution is 0.147. The molecule has 0 aromatic carbocycles. The van der Waals surface area contributed by atoms with Crippen LogP contribution in [0.15, 0.2) is 0 Å². The van der Waals surface area contributed by atoms with Crippen molar-refractivity contribution in [2.45, 2.75) is 0 Å². The van der Waals surface area contributed by atoms with E-state index in [0.717, 1.165) is 18.4 Å². The summed E-state index contributed by atoms with van der Waals surface area (Å²) in [7, 11) is 1.65. The van der Waals surface area contributed by atoms with E-state index in [1.165, 1.54) is 0 Å². The molecule has 0 bridgehead atoms. The normalized spacial score (nSPS) is 10.9. The van der Waals surface area contributed by atoms with E-state index in [1.807, 2.05) is 4.90 Å². The second kappa shape index (κ2) is 8.43. The van der Waals surface area contributed by atoms with E-state index in [2.05, 4.69) is 15.9 Å². The van der Waals surface area contributed by atoms with Crippen LogP contribution < -0.4 is 0 Å². The zero-order valence-corrected chi connectivity index (χ0v) is 8.44. The molecule has 11 heavy (non-hydrogen) atoms. The molecule has 0 fully saturated rings. The van der Waals surface area contributed by atoms with Gasteiger partial charge in [-0.1, -0.05) is 15.9 Å². The monoisotopic (exact) mass is 227 g/mol. The predicted molar refractivity (Wildman–Crippen MR) is 48.1 cm³/mol. The van der Waals surface area contributed by atoms with Crippen LogP contribution in [0.4, 0.5) is 4.39 Å². The quantitative estimate of drug-likeness (QED) is 0.609. The van der Waals surface area contributed by atoms with Gasteiger partial charge >= 0.3 is 0 Å². The van der Waals surface area contributed by atoms with Crippen molar-refractivity contribution in [3.05, 3.63) is 0 Å². The van der Waals surface area contributed by atoms with Gasteiger partial charge in [-0.15, -0.1) is 0 Å². The molecule has 0 aromatic heterocycles. The molecule has 0 aromatic rings. The van der Waals surface area contributed by atoms with Gasteiger partial charge in [0, 0.05) is 32.1 Å². The van der Waals surface area contributed by atoms with Crippen molar-refractivity contribution >= 4 is 15.9 Å². The van der Waals surface area contributed by atoms with E-state index in [9.17, 15) is 4.39 Å². The van der Waals surface area contributed by atoms with Crippen LogP contribution in [0.3, 0.4) is 0 Å². The van der Waals surface area contributed by atoms with Crippen molar-refractivity contribution in [3.8, 4) is 0 Å². The average Bonchev–Trinajstić information content (AvgIpc) is 2.01. The summed E-state index contributed by atoms with van der Waals surface area (Å²) in [4.78, 5) is 2.03. The van der Waals surface area contributed by atoms with Gasteiger partial charge in [-0.3, -0.25) is 4.90 Å². The lowest BCUT2D eigenvalue weighted by atomic mass is 10.5. The highest BCUT2D eigenvalue weighted by atomic mass is 79.9. The van der Waals surface area contributed by atoms with E-state index >= 15 is 0 Å². The fraction of sp³-hybridized carbons (Fsp3) is 1.00. The van der Waals surface area contributed by atoms with E-state index < -0.39 is 0 Å². The Kier molecular flexibility index (Phi) is 8.68. The Hall–Kier alpha value is 0.330. The highest BCUT2D eigenvalue weighted by molar-refractivity contribution is 9.09. The molecule has 0 unspecified atom stereocenters. The predicted octanol–water partition coefficient (Wildman–Crippen LogP) is 1.30. The minimum absolute atomic E-state index is 0.281. The highest BCUT2D eigenvalue weighted by Crippen LogP contribution is 1.91. The molecule has 0 aliphatic heterocycles. The number of rotatable bonds is 7. The van der Waals surface area contributed by atoms with Gasteiger partial charge in [0.25, 0.3) is 0 Å². The molecule has 0 heterocycles. The lowest BCUT2D eigenvalue weighted by Crippen LogP contribution is -2.31. The summed E-state index contributed by atoms with van der Waals surface area (Å²) in [5.74, 6) is 0. The molecule has 2 nitrogen and oxygen atoms in total. The number of halogens is 2. The van der Waals surface area contributed by atoms with Crippen LogP contribution in [0.5, 0.6) is 0 Å². The first-order valence-electron chi connectivity index (χ1n) is 3.68. The third-order valence-corrected chi connectivity index (χ3v) is 1.77. The van der Waals surface area contributed by atoms with Gasteiger partial charge in [0.1, 0.15) is 6.67 Å². The van der Waals surface area contributed by atoms with E-state index in [4.69, 9.17) is 4.74 Å². The summed E-state index contributed by atoms with van der Waals surface area (Å²) in [6, 6.07) is 0. The summed E-state index contributed by atoms with van der Waals surface area (Å²) in [5, 5.41) is 0.886. The Morgan fingerprint density at radius 3 is 2.55 bits per heavy atom. The maximum absolute atomic E-state index is 11.9. The molecule has 0 atom stereocenters. The summed E-state index contributed by atoms with van der Waals surface area (Å²) in [6.07, 6.45) is 0. The van der Waals surface area contributed by atoms with Gasteiger partial charge in [0.15, 0.2) is 0 Å². The molecule has 0 N–H and O–H groups in total. The number of ether oxygens (including phenoxy) is 1. The number of nitrogens with zero attached hydrogens (tertiary/aromatic N) is 1. The molecule has 0 amide bonds. The summed E-state index contributed by atoms with van der Waals surface area (Å²) < 4.78 is 16.8. The standard InChI is InChI=1S/C7H15BrFNO/c1-11-7-6-10(4-2-8)5-3-9/h2-7H2,1H3. The second-order valence-electron chi connectivity index (χ2n) is 2.21. The van der Waals surface area contributed by atoms with Crippen molar-refractivity contribution in [2.24, 2.45) is 0 Å². The summed E-state index contributed by atoms with van der Waals surface area (Å²) >= 11 is 3.31. The van der Waals surface area contributed by atoms with Gasteiger partial charge in [-0.05, 0) is 0 Å². The topological polar surface area (TPSA) is 12.5 Å². The maximum atomic E-state index is 11.9. The van der Waals surface area contributed by atoms with E-state index in [-0.39, 0.29) is 6.67 Å². The Labute approximate surface area is 75.8 Å². The van der Waals surface area contributed by atoms with E-state index in [0.29, 0.717) is 13.2 Å². The van der Waals surface area contributed by atoms with Gasteiger partial charge < -0.3 is 4.74 Å². The molecular weight excluding hydrogens is 213 g/mol. The van der Waals surface area contributed by atoms with Crippen LogP contribution >= 0.6 is 15.9 Å². The first kappa shape index (κ1) is 11.3. The highest BCUT2D eigenvalue weighted by Gasteiger charge is 2.01. The fourth-order valence-corrected chi connectivity index (χ4v) is 1.30. The molecule has 0 saturated heterocycles. The van der Waals surface area contributed by atoms with Crippen molar-refractivity contribution < 1.29 is 9.13 Å². The fourth-order valence-electron chi connectivity index (χ4n) is 0.795. The van der Waals surface area contributed by atoms with Crippen LogP contribution in [0, 0.1) is 0 Å². The third kappa shape index (κ3) is 6.72. The molecule has 4 heteroatoms. The minimum Gasteiger partial charge on any atom is -0.383 e. The number of methoxy groups -OCH3 is 1. The van der Waals surface area contributed by atoms with Crippen LogP contribution in [0.1, 0.15) is 0 Å². The number of alkyl halides is 2. The lowest BCUT2D eigenvalue weighted by Gasteiger charge is -2.18. The van der Waals surface area contributed by atoms with Crippen molar-refractivity contribution in [3.63, 3.8) is 0 Å². The van der Waals surface area contributed by atoms with Gasteiger partial charge in [0.05, 0.1) is 6.61 Å². The van der Waals surface area contributed by atoms with Crippen LogP contribution in [0.25, 0.3) is 0 Å². The number of hydrogen-bond acceptors (Lipinski definition) is 2. The molecule has 0 aliphatic rings. The first-order chi connectivity index (χ1) is 5.35. The maximum Gasteiger partial charge on any atom is 0.102 e. The summed E-state index contributed by atoms with van der Waals surface area (Å²) in [6.45, 7) is 2.60. The van der Waals surface area contributed by atoms with Gasteiger partial charge in [-0.2, -0.15) is 0 Å². The average molecular weight is 228 g/mol. The molecule has 0 spiro atoms. The first-order valence-corrected chi connectivity index (χ1v) is 4.80. The minimum atomic E-state index is -0.281. The van der Waals surface area contributed by atoms with Crippen LogP contribution in [0.2, 0.25) is 0 Å². The van der Waals surface area contributed by atoms with E-state index in [1.54, 1.807) is 7.11 Å². The smallest absolute Gasteiger partial charge is 0.102 e. The zero-order chi connectivity index (χ0) is 8.53. The SMILES string of the molecule is COCCN(CCF)CCBr. The largest absolute Gasteiger partial charge is 0.383 e. The third-order valence-electron chi connectivity index (χ3n) is 1.41. The Morgan fingerprint density at radius 2 is 2.09 bits per heavy atom. The Morgan fingerprint density at radius 1 is 1.36 bits per heavy atom.